The average molecular weight is 399 g/mol. The second kappa shape index (κ2) is 8.13. The highest BCUT2D eigenvalue weighted by atomic mass is 16.5. The molecule has 0 aliphatic carbocycles. The Hall–Kier alpha value is -3.69. The Labute approximate surface area is 166 Å². The molecule has 3 aromatic rings. The minimum absolute atomic E-state index is 0.0227. The van der Waals surface area contributed by atoms with Crippen molar-refractivity contribution in [2.45, 2.75) is 26.7 Å². The number of hydrogen-bond acceptors (Lipinski definition) is 7. The first-order valence-corrected chi connectivity index (χ1v) is 8.80. The summed E-state index contributed by atoms with van der Waals surface area (Å²) in [5.74, 6) is -0.458. The number of hydrogen-bond donors (Lipinski definition) is 2. The molecule has 152 valence electrons. The molecule has 0 spiro atoms. The highest BCUT2D eigenvalue weighted by molar-refractivity contribution is 5.96. The summed E-state index contributed by atoms with van der Waals surface area (Å²) in [6.45, 7) is 3.76. The van der Waals surface area contributed by atoms with Crippen molar-refractivity contribution < 1.29 is 24.2 Å². The molecule has 0 unspecified atom stereocenters. The monoisotopic (exact) mass is 399 g/mol. The van der Waals surface area contributed by atoms with Crippen molar-refractivity contribution in [3.8, 4) is 11.5 Å². The van der Waals surface area contributed by atoms with Crippen LogP contribution in [0.1, 0.15) is 33.7 Å². The van der Waals surface area contributed by atoms with Crippen LogP contribution in [-0.2, 0) is 11.2 Å². The summed E-state index contributed by atoms with van der Waals surface area (Å²) in [6.07, 6.45) is 2.02. The van der Waals surface area contributed by atoms with E-state index in [2.05, 4.69) is 20.4 Å². The van der Waals surface area contributed by atoms with Crippen LogP contribution in [0.2, 0.25) is 0 Å². The minimum Gasteiger partial charge on any atom is -0.493 e. The Bertz CT molecular complexity index is 1090. The topological polar surface area (TPSA) is 128 Å². The van der Waals surface area contributed by atoms with Crippen molar-refractivity contribution in [3.05, 3.63) is 41.0 Å². The number of aryl methyl sites for hydroxylation is 2. The summed E-state index contributed by atoms with van der Waals surface area (Å²) < 4.78 is 12.1. The molecule has 0 radical (unpaired) electrons. The van der Waals surface area contributed by atoms with E-state index in [9.17, 15) is 14.7 Å². The standard InChI is InChI=1S/C19H21N5O5/c1-10-13(11(2)24-19(22-10)20-9-21-24)5-6-16(25)23-14-7-12(18(26)27)8-15(28-3)17(14)29-4/h7-9H,5-6H2,1-4H3,(H,23,25)(H,26,27). The van der Waals surface area contributed by atoms with Crippen molar-refractivity contribution in [2.75, 3.05) is 19.5 Å². The van der Waals surface area contributed by atoms with E-state index in [-0.39, 0.29) is 35.1 Å². The van der Waals surface area contributed by atoms with Crippen LogP contribution in [0.15, 0.2) is 18.5 Å². The second-order valence-electron chi connectivity index (χ2n) is 6.35. The zero-order valence-corrected chi connectivity index (χ0v) is 16.5. The van der Waals surface area contributed by atoms with Gasteiger partial charge in [-0.1, -0.05) is 0 Å². The fourth-order valence-electron chi connectivity index (χ4n) is 3.15. The lowest BCUT2D eigenvalue weighted by atomic mass is 10.1. The van der Waals surface area contributed by atoms with Crippen LogP contribution in [0.4, 0.5) is 5.69 Å². The average Bonchev–Trinajstić information content (AvgIpc) is 3.15. The first-order chi connectivity index (χ1) is 13.8. The highest BCUT2D eigenvalue weighted by Crippen LogP contribution is 2.36. The first kappa shape index (κ1) is 20.1. The number of anilines is 1. The van der Waals surface area contributed by atoms with Gasteiger partial charge in [0.15, 0.2) is 11.5 Å². The molecular formula is C19H21N5O5. The number of fused-ring (bicyclic) bond motifs is 1. The third-order valence-corrected chi connectivity index (χ3v) is 4.59. The van der Waals surface area contributed by atoms with Crippen LogP contribution in [0.3, 0.4) is 0 Å². The van der Waals surface area contributed by atoms with Gasteiger partial charge in [-0.2, -0.15) is 10.1 Å². The van der Waals surface area contributed by atoms with Crippen LogP contribution in [0.5, 0.6) is 11.5 Å². The third kappa shape index (κ3) is 3.96. The first-order valence-electron chi connectivity index (χ1n) is 8.80. The van der Waals surface area contributed by atoms with Gasteiger partial charge in [-0.05, 0) is 38.0 Å². The Morgan fingerprint density at radius 3 is 2.62 bits per heavy atom. The number of methoxy groups -OCH3 is 2. The van der Waals surface area contributed by atoms with Gasteiger partial charge in [0.05, 0.1) is 25.5 Å². The smallest absolute Gasteiger partial charge is 0.335 e. The fraction of sp³-hybridized carbons (Fsp3) is 0.316. The number of ether oxygens (including phenoxy) is 2. The van der Waals surface area contributed by atoms with Gasteiger partial charge in [-0.3, -0.25) is 4.79 Å². The molecular weight excluding hydrogens is 378 g/mol. The minimum atomic E-state index is -1.14. The summed E-state index contributed by atoms with van der Waals surface area (Å²) in [5.41, 5.74) is 2.76. The van der Waals surface area contributed by atoms with Gasteiger partial charge in [0.2, 0.25) is 5.91 Å². The Morgan fingerprint density at radius 2 is 1.97 bits per heavy atom. The quantitative estimate of drug-likeness (QED) is 0.618. The Kier molecular flexibility index (Phi) is 5.62. The van der Waals surface area contributed by atoms with E-state index in [0.717, 1.165) is 17.0 Å². The number of carboxylic acid groups (broad SMARTS) is 1. The van der Waals surface area contributed by atoms with E-state index in [4.69, 9.17) is 9.47 Å². The van der Waals surface area contributed by atoms with Gasteiger partial charge in [-0.15, -0.1) is 0 Å². The maximum absolute atomic E-state index is 12.6. The SMILES string of the molecule is COc1cc(C(=O)O)cc(NC(=O)CCc2c(C)nc3ncnn3c2C)c1OC. The van der Waals surface area contributed by atoms with E-state index in [0.29, 0.717) is 12.2 Å². The summed E-state index contributed by atoms with van der Waals surface area (Å²) >= 11 is 0. The predicted octanol–water partition coefficient (Wildman–Crippen LogP) is 2.03. The summed E-state index contributed by atoms with van der Waals surface area (Å²) in [6, 6.07) is 2.67. The zero-order chi connectivity index (χ0) is 21.1. The van der Waals surface area contributed by atoms with E-state index in [1.807, 2.05) is 13.8 Å². The number of aromatic carboxylic acids is 1. The molecule has 3 rings (SSSR count). The molecule has 1 aromatic carbocycles. The largest absolute Gasteiger partial charge is 0.493 e. The van der Waals surface area contributed by atoms with Gasteiger partial charge in [-0.25, -0.2) is 14.3 Å². The molecule has 29 heavy (non-hydrogen) atoms. The summed E-state index contributed by atoms with van der Waals surface area (Å²) in [5, 5.41) is 16.1. The Morgan fingerprint density at radius 1 is 1.21 bits per heavy atom. The molecule has 0 saturated carbocycles. The number of rotatable bonds is 7. The van der Waals surface area contributed by atoms with Gasteiger partial charge >= 0.3 is 5.97 Å². The molecule has 10 heteroatoms. The number of benzene rings is 1. The summed E-state index contributed by atoms with van der Waals surface area (Å²) in [4.78, 5) is 32.4. The van der Waals surface area contributed by atoms with Gasteiger partial charge in [0.1, 0.15) is 6.33 Å². The van der Waals surface area contributed by atoms with Crippen LogP contribution < -0.4 is 14.8 Å². The van der Waals surface area contributed by atoms with Gasteiger partial charge in [0, 0.05) is 17.8 Å². The van der Waals surface area contributed by atoms with Crippen LogP contribution in [0, 0.1) is 13.8 Å². The molecule has 2 heterocycles. The number of amides is 1. The van der Waals surface area contributed by atoms with E-state index >= 15 is 0 Å². The molecule has 0 fully saturated rings. The van der Waals surface area contributed by atoms with E-state index in [1.165, 1.54) is 32.7 Å². The second-order valence-corrected chi connectivity index (χ2v) is 6.35. The van der Waals surface area contributed by atoms with E-state index < -0.39 is 5.97 Å². The molecule has 2 aromatic heterocycles. The summed E-state index contributed by atoms with van der Waals surface area (Å²) in [7, 11) is 2.81. The van der Waals surface area contributed by atoms with Crippen molar-refractivity contribution >= 4 is 23.3 Å². The number of nitrogens with one attached hydrogen (secondary N) is 1. The van der Waals surface area contributed by atoms with Crippen molar-refractivity contribution in [3.63, 3.8) is 0 Å². The zero-order valence-electron chi connectivity index (χ0n) is 16.5. The maximum atomic E-state index is 12.6. The van der Waals surface area contributed by atoms with Gasteiger partial charge in [0.25, 0.3) is 5.78 Å². The lowest BCUT2D eigenvalue weighted by Crippen LogP contribution is -2.15. The fourth-order valence-corrected chi connectivity index (χ4v) is 3.15. The normalized spacial score (nSPS) is 10.8. The molecule has 0 aliphatic rings. The maximum Gasteiger partial charge on any atom is 0.335 e. The number of aromatic nitrogens is 4. The number of carbonyl (C=O) groups is 2. The predicted molar refractivity (Wildman–Crippen MR) is 104 cm³/mol. The third-order valence-electron chi connectivity index (χ3n) is 4.59. The molecule has 1 amide bonds. The molecule has 0 saturated heterocycles. The highest BCUT2D eigenvalue weighted by Gasteiger charge is 2.18. The number of nitrogens with zero attached hydrogens (tertiary/aromatic N) is 4. The molecule has 10 nitrogen and oxygen atoms in total. The van der Waals surface area contributed by atoms with E-state index in [1.54, 1.807) is 4.52 Å². The molecule has 0 bridgehead atoms. The van der Waals surface area contributed by atoms with Crippen molar-refractivity contribution in [2.24, 2.45) is 0 Å². The molecule has 0 aliphatic heterocycles. The lowest BCUT2D eigenvalue weighted by Gasteiger charge is -2.15. The van der Waals surface area contributed by atoms with Crippen LogP contribution in [0.25, 0.3) is 5.78 Å². The Balaban J connectivity index is 1.81. The van der Waals surface area contributed by atoms with Crippen molar-refractivity contribution in [1.82, 2.24) is 19.6 Å². The lowest BCUT2D eigenvalue weighted by molar-refractivity contribution is -0.116. The van der Waals surface area contributed by atoms with Crippen LogP contribution in [-0.4, -0.2) is 50.8 Å². The van der Waals surface area contributed by atoms with Crippen molar-refractivity contribution in [1.29, 1.82) is 0 Å². The molecule has 0 atom stereocenters. The van der Waals surface area contributed by atoms with Crippen LogP contribution >= 0.6 is 0 Å². The number of carboxylic acids is 1. The number of carbonyl (C=O) groups excluding carboxylic acids is 1. The van der Waals surface area contributed by atoms with Gasteiger partial charge < -0.3 is 19.9 Å². The molecule has 2 N–H and O–H groups in total.